The van der Waals surface area contributed by atoms with Crippen LogP contribution in [0.2, 0.25) is 0 Å². The number of nitro groups is 1. The largest absolute Gasteiger partial charge is 0.301 e. The van der Waals surface area contributed by atoms with Crippen LogP contribution in [0.3, 0.4) is 0 Å². The average Bonchev–Trinajstić information content (AvgIpc) is 2.32. The summed E-state index contributed by atoms with van der Waals surface area (Å²) in [5.74, 6) is 0.284. The molecule has 7 heteroatoms. The molecular formula is C10H14N5O2+. The fraction of sp³-hybridized carbons (Fsp3) is 0.300. The second-order valence-corrected chi connectivity index (χ2v) is 3.89. The fourth-order valence-corrected chi connectivity index (χ4v) is 1.69. The third kappa shape index (κ3) is 2.70. The number of benzene rings is 1. The van der Waals surface area contributed by atoms with Gasteiger partial charge in [0.15, 0.2) is 18.4 Å². The van der Waals surface area contributed by atoms with Crippen LogP contribution in [0.15, 0.2) is 35.3 Å². The number of guanidine groups is 1. The molecule has 0 aliphatic carbocycles. The number of nitrogens with zero attached hydrogens (tertiary/aromatic N) is 3. The van der Waals surface area contributed by atoms with Crippen LogP contribution >= 0.6 is 0 Å². The Balaban J connectivity index is 2.26. The van der Waals surface area contributed by atoms with Gasteiger partial charge in [0, 0.05) is 5.69 Å². The minimum atomic E-state index is -0.588. The van der Waals surface area contributed by atoms with E-state index in [9.17, 15) is 10.1 Å². The van der Waals surface area contributed by atoms with Gasteiger partial charge < -0.3 is 4.90 Å². The lowest BCUT2D eigenvalue weighted by Crippen LogP contribution is -3.12. The summed E-state index contributed by atoms with van der Waals surface area (Å²) >= 11 is 0. The molecule has 2 rings (SSSR count). The van der Waals surface area contributed by atoms with Gasteiger partial charge in [0.2, 0.25) is 0 Å². The number of hydrogen-bond donors (Lipinski definition) is 2. The maximum absolute atomic E-state index is 10.5. The van der Waals surface area contributed by atoms with Gasteiger partial charge in [0.1, 0.15) is 0 Å². The lowest BCUT2D eigenvalue weighted by Gasteiger charge is -2.29. The molecule has 0 spiro atoms. The Bertz CT molecular complexity index is 434. The van der Waals surface area contributed by atoms with Crippen LogP contribution < -0.4 is 15.2 Å². The Morgan fingerprint density at radius 1 is 1.47 bits per heavy atom. The first-order valence-corrected chi connectivity index (χ1v) is 5.26. The van der Waals surface area contributed by atoms with E-state index in [1.807, 2.05) is 37.4 Å². The molecule has 1 aromatic carbocycles. The van der Waals surface area contributed by atoms with Crippen molar-refractivity contribution in [2.45, 2.75) is 0 Å². The van der Waals surface area contributed by atoms with Crippen molar-refractivity contribution in [3.8, 4) is 0 Å². The van der Waals surface area contributed by atoms with Crippen molar-refractivity contribution in [2.75, 3.05) is 25.3 Å². The van der Waals surface area contributed by atoms with Gasteiger partial charge in [-0.15, -0.1) is 0 Å². The van der Waals surface area contributed by atoms with E-state index in [1.165, 1.54) is 4.90 Å². The zero-order valence-electron chi connectivity index (χ0n) is 9.46. The molecule has 1 aromatic rings. The first-order chi connectivity index (χ1) is 8.16. The first kappa shape index (κ1) is 11.3. The Hall–Kier alpha value is -2.15. The van der Waals surface area contributed by atoms with Crippen molar-refractivity contribution in [1.29, 1.82) is 0 Å². The zero-order chi connectivity index (χ0) is 12.3. The van der Waals surface area contributed by atoms with Gasteiger partial charge in [-0.25, -0.2) is 10.1 Å². The lowest BCUT2D eigenvalue weighted by atomic mass is 10.3. The van der Waals surface area contributed by atoms with E-state index in [-0.39, 0.29) is 5.96 Å². The normalized spacial score (nSPS) is 19.7. The van der Waals surface area contributed by atoms with Crippen molar-refractivity contribution >= 4 is 11.6 Å². The summed E-state index contributed by atoms with van der Waals surface area (Å²) in [6, 6.07) is 9.49. The van der Waals surface area contributed by atoms with Crippen molar-refractivity contribution in [3.05, 3.63) is 40.4 Å². The quantitative estimate of drug-likeness (QED) is 0.514. The molecule has 1 aliphatic rings. The second-order valence-electron chi connectivity index (χ2n) is 3.89. The van der Waals surface area contributed by atoms with Crippen LogP contribution in [0.25, 0.3) is 0 Å². The Labute approximate surface area is 98.5 Å². The summed E-state index contributed by atoms with van der Waals surface area (Å²) in [6.07, 6.45) is 0. The smallest absolute Gasteiger partial charge is 0.270 e. The van der Waals surface area contributed by atoms with Crippen LogP contribution in [-0.4, -0.2) is 31.4 Å². The molecule has 0 aromatic heterocycles. The highest BCUT2D eigenvalue weighted by molar-refractivity contribution is 5.95. The summed E-state index contributed by atoms with van der Waals surface area (Å²) in [5, 5.41) is 9.92. The van der Waals surface area contributed by atoms with E-state index < -0.39 is 5.03 Å². The molecule has 90 valence electrons. The average molecular weight is 236 g/mol. The molecule has 1 heterocycles. The third-order valence-electron chi connectivity index (χ3n) is 2.44. The summed E-state index contributed by atoms with van der Waals surface area (Å²) in [5.41, 5.74) is 3.02. The highest BCUT2D eigenvalue weighted by atomic mass is 16.7. The number of para-hydroxylation sites is 1. The second kappa shape index (κ2) is 4.79. The van der Waals surface area contributed by atoms with Crippen molar-refractivity contribution in [3.63, 3.8) is 0 Å². The number of hydrogen-bond acceptors (Lipinski definition) is 4. The fourth-order valence-electron chi connectivity index (χ4n) is 1.69. The van der Waals surface area contributed by atoms with Gasteiger partial charge in [0.25, 0.3) is 5.96 Å². The van der Waals surface area contributed by atoms with E-state index in [1.54, 1.807) is 4.90 Å². The highest BCUT2D eigenvalue weighted by Crippen LogP contribution is 2.12. The lowest BCUT2D eigenvalue weighted by molar-refractivity contribution is -0.879. The molecule has 1 unspecified atom stereocenters. The van der Waals surface area contributed by atoms with Gasteiger partial charge in [-0.3, -0.25) is 4.90 Å². The summed E-state index contributed by atoms with van der Waals surface area (Å²) < 4.78 is 0. The van der Waals surface area contributed by atoms with Gasteiger partial charge in [0.05, 0.1) is 7.05 Å². The Morgan fingerprint density at radius 3 is 2.82 bits per heavy atom. The molecule has 0 radical (unpaired) electrons. The maximum Gasteiger partial charge on any atom is 0.270 e. The maximum atomic E-state index is 10.5. The Morgan fingerprint density at radius 2 is 2.18 bits per heavy atom. The Kier molecular flexibility index (Phi) is 3.20. The van der Waals surface area contributed by atoms with E-state index >= 15 is 0 Å². The highest BCUT2D eigenvalue weighted by Gasteiger charge is 2.25. The third-order valence-corrected chi connectivity index (χ3v) is 2.44. The van der Waals surface area contributed by atoms with Gasteiger partial charge in [-0.05, 0) is 12.1 Å². The van der Waals surface area contributed by atoms with Crippen LogP contribution in [-0.2, 0) is 0 Å². The van der Waals surface area contributed by atoms with Gasteiger partial charge >= 0.3 is 0 Å². The summed E-state index contributed by atoms with van der Waals surface area (Å²) in [4.78, 5) is 17.6. The molecule has 1 aliphatic heterocycles. The van der Waals surface area contributed by atoms with Crippen LogP contribution in [0.1, 0.15) is 0 Å². The van der Waals surface area contributed by atoms with Crippen molar-refractivity contribution in [1.82, 2.24) is 5.43 Å². The minimum absolute atomic E-state index is 0.284. The van der Waals surface area contributed by atoms with E-state index in [4.69, 9.17) is 0 Å². The molecule has 0 amide bonds. The SMILES string of the molecule is C[NH+]1CN=C(N[N+](=O)[O-])N(c2ccccc2)C1. The predicted octanol–water partition coefficient (Wildman–Crippen LogP) is -0.926. The molecule has 0 saturated heterocycles. The molecule has 0 bridgehead atoms. The topological polar surface area (TPSA) is 75.2 Å². The molecular weight excluding hydrogens is 222 g/mol. The van der Waals surface area contributed by atoms with Crippen LogP contribution in [0.5, 0.6) is 0 Å². The van der Waals surface area contributed by atoms with E-state index in [2.05, 4.69) is 10.4 Å². The molecule has 1 atom stereocenters. The number of rotatable bonds is 2. The predicted molar refractivity (Wildman–Crippen MR) is 63.1 cm³/mol. The minimum Gasteiger partial charge on any atom is -0.301 e. The number of quaternary nitrogens is 1. The first-order valence-electron chi connectivity index (χ1n) is 5.26. The monoisotopic (exact) mass is 236 g/mol. The zero-order valence-corrected chi connectivity index (χ0v) is 9.46. The molecule has 2 N–H and O–H groups in total. The summed E-state index contributed by atoms with van der Waals surface area (Å²) in [7, 11) is 1.99. The van der Waals surface area contributed by atoms with Gasteiger partial charge in [-0.1, -0.05) is 23.6 Å². The summed E-state index contributed by atoms with van der Waals surface area (Å²) in [6.45, 7) is 1.17. The number of anilines is 1. The van der Waals surface area contributed by atoms with Crippen molar-refractivity contribution < 1.29 is 9.93 Å². The van der Waals surface area contributed by atoms with Crippen LogP contribution in [0.4, 0.5) is 5.69 Å². The molecule has 0 saturated carbocycles. The molecule has 0 fully saturated rings. The molecule has 7 nitrogen and oxygen atoms in total. The standard InChI is InChI=1S/C10H13N5O2/c1-13-7-11-10(12-15(16)17)14(8-13)9-5-3-2-4-6-9/h2-6H,7-8H2,1H3,(H,11,12)/p+1. The van der Waals surface area contributed by atoms with E-state index in [0.717, 1.165) is 5.69 Å². The van der Waals surface area contributed by atoms with Crippen molar-refractivity contribution in [2.24, 2.45) is 4.99 Å². The molecule has 17 heavy (non-hydrogen) atoms. The van der Waals surface area contributed by atoms with Crippen LogP contribution in [0, 0.1) is 10.1 Å². The van der Waals surface area contributed by atoms with Gasteiger partial charge in [-0.2, -0.15) is 4.99 Å². The number of aliphatic imine (C=N–C) groups is 1. The number of nitrogens with one attached hydrogen (secondary N) is 2. The number of hydrazine groups is 1. The van der Waals surface area contributed by atoms with E-state index in [0.29, 0.717) is 13.3 Å².